The Morgan fingerprint density at radius 1 is 1.07 bits per heavy atom. The van der Waals surface area contributed by atoms with E-state index in [4.69, 9.17) is 16.3 Å². The maximum Gasteiger partial charge on any atom is 0.281 e. The summed E-state index contributed by atoms with van der Waals surface area (Å²) in [5.41, 5.74) is 1.12. The summed E-state index contributed by atoms with van der Waals surface area (Å²) < 4.78 is 34.8. The minimum atomic E-state index is -3.33. The molecule has 2 aliphatic heterocycles. The molecular weight excluding hydrogens is 422 g/mol. The van der Waals surface area contributed by atoms with Crippen molar-refractivity contribution in [2.24, 2.45) is 5.92 Å². The Hall–Kier alpha value is -0.860. The second-order valence-corrected chi connectivity index (χ2v) is 11.5. The molecule has 1 aromatic rings. The number of hydrogen-bond donors (Lipinski definition) is 0. The number of benzene rings is 1. The van der Waals surface area contributed by atoms with Crippen molar-refractivity contribution in [3.05, 3.63) is 28.8 Å². The Bertz CT molecular complexity index is 817. The fourth-order valence-electron chi connectivity index (χ4n) is 4.80. The molecule has 0 bridgehead atoms. The van der Waals surface area contributed by atoms with Crippen molar-refractivity contribution < 1.29 is 13.2 Å². The van der Waals surface area contributed by atoms with E-state index in [2.05, 4.69) is 11.0 Å². The van der Waals surface area contributed by atoms with Gasteiger partial charge in [-0.15, -0.1) is 0 Å². The van der Waals surface area contributed by atoms with Crippen LogP contribution < -0.4 is 4.74 Å². The van der Waals surface area contributed by atoms with Gasteiger partial charge in [-0.05, 0) is 69.2 Å². The van der Waals surface area contributed by atoms with Crippen molar-refractivity contribution >= 4 is 21.8 Å². The molecule has 1 saturated carbocycles. The number of hydrogen-bond acceptors (Lipinski definition) is 4. The van der Waals surface area contributed by atoms with Crippen LogP contribution in [0.25, 0.3) is 0 Å². The van der Waals surface area contributed by atoms with Crippen LogP contribution in [0.4, 0.5) is 0 Å². The summed E-state index contributed by atoms with van der Waals surface area (Å²) in [6.45, 7) is 5.01. The molecule has 2 heterocycles. The van der Waals surface area contributed by atoms with Crippen molar-refractivity contribution in [2.45, 2.75) is 57.6 Å². The summed E-state index contributed by atoms with van der Waals surface area (Å²) in [5.74, 6) is 1.09. The standard InChI is InChI=1S/C22H34ClN3O3S/c1-24(30(27,28)26-12-3-2-4-13-26)16-18-14-20(15-18)29-21-9-7-8-19(22(21)23)17-25-10-5-6-11-25/h7-9,18,20H,2-6,10-17H2,1H3. The third-order valence-corrected chi connectivity index (χ3v) is 9.06. The first-order valence-electron chi connectivity index (χ1n) is 11.3. The second-order valence-electron chi connectivity index (χ2n) is 9.04. The SMILES string of the molecule is CN(CC1CC(Oc2cccc(CN3CCCC3)c2Cl)C1)S(=O)(=O)N1CCCCC1. The first kappa shape index (κ1) is 22.3. The highest BCUT2D eigenvalue weighted by molar-refractivity contribution is 7.86. The highest BCUT2D eigenvalue weighted by Gasteiger charge is 2.36. The molecule has 4 rings (SSSR count). The fourth-order valence-corrected chi connectivity index (χ4v) is 6.54. The van der Waals surface area contributed by atoms with Crippen LogP contribution in [0.5, 0.6) is 5.75 Å². The molecule has 6 nitrogen and oxygen atoms in total. The van der Waals surface area contributed by atoms with Crippen molar-refractivity contribution in [1.82, 2.24) is 13.5 Å². The average Bonchev–Trinajstić information content (AvgIpc) is 3.22. The van der Waals surface area contributed by atoms with Gasteiger partial charge in [-0.2, -0.15) is 17.0 Å². The topological polar surface area (TPSA) is 53.1 Å². The minimum absolute atomic E-state index is 0.112. The van der Waals surface area contributed by atoms with E-state index in [1.807, 2.05) is 12.1 Å². The first-order chi connectivity index (χ1) is 14.4. The van der Waals surface area contributed by atoms with E-state index >= 15 is 0 Å². The van der Waals surface area contributed by atoms with Gasteiger partial charge in [0, 0.05) is 33.2 Å². The van der Waals surface area contributed by atoms with E-state index in [1.54, 1.807) is 11.4 Å². The van der Waals surface area contributed by atoms with E-state index in [0.29, 0.717) is 25.6 Å². The minimum Gasteiger partial charge on any atom is -0.489 e. The molecule has 0 atom stereocenters. The summed E-state index contributed by atoms with van der Waals surface area (Å²) >= 11 is 6.63. The number of halogens is 1. The third kappa shape index (κ3) is 5.13. The Balaban J connectivity index is 1.27. The summed E-state index contributed by atoms with van der Waals surface area (Å²) in [6.07, 6.45) is 7.42. The highest BCUT2D eigenvalue weighted by Crippen LogP contribution is 2.36. The summed E-state index contributed by atoms with van der Waals surface area (Å²) in [6, 6.07) is 6.04. The van der Waals surface area contributed by atoms with Crippen LogP contribution in [0.15, 0.2) is 18.2 Å². The lowest BCUT2D eigenvalue weighted by atomic mass is 9.82. The maximum atomic E-state index is 12.8. The molecule has 1 aliphatic carbocycles. The summed E-state index contributed by atoms with van der Waals surface area (Å²) in [7, 11) is -1.63. The fraction of sp³-hybridized carbons (Fsp3) is 0.727. The van der Waals surface area contributed by atoms with E-state index in [0.717, 1.165) is 68.1 Å². The molecule has 0 radical (unpaired) electrons. The normalized spacial score (nSPS) is 26.1. The molecule has 2 saturated heterocycles. The van der Waals surface area contributed by atoms with Gasteiger partial charge in [0.15, 0.2) is 0 Å². The van der Waals surface area contributed by atoms with Gasteiger partial charge < -0.3 is 4.74 Å². The van der Waals surface area contributed by atoms with Gasteiger partial charge in [0.05, 0.1) is 11.1 Å². The molecule has 0 unspecified atom stereocenters. The van der Waals surface area contributed by atoms with Crippen LogP contribution in [-0.4, -0.2) is 67.8 Å². The zero-order valence-electron chi connectivity index (χ0n) is 17.9. The van der Waals surface area contributed by atoms with Gasteiger partial charge in [0.2, 0.25) is 0 Å². The number of ether oxygens (including phenoxy) is 1. The molecule has 168 valence electrons. The first-order valence-corrected chi connectivity index (χ1v) is 13.1. The monoisotopic (exact) mass is 455 g/mol. The smallest absolute Gasteiger partial charge is 0.281 e. The average molecular weight is 456 g/mol. The highest BCUT2D eigenvalue weighted by atomic mass is 35.5. The molecule has 0 aromatic heterocycles. The number of rotatable bonds is 8. The molecular formula is C22H34ClN3O3S. The van der Waals surface area contributed by atoms with Crippen molar-refractivity contribution in [3.8, 4) is 5.75 Å². The molecule has 0 spiro atoms. The summed E-state index contributed by atoms with van der Waals surface area (Å²) in [4.78, 5) is 2.43. The second kappa shape index (κ2) is 9.74. The molecule has 8 heteroatoms. The lowest BCUT2D eigenvalue weighted by Crippen LogP contribution is -2.48. The Morgan fingerprint density at radius 2 is 1.73 bits per heavy atom. The molecule has 0 N–H and O–H groups in total. The van der Waals surface area contributed by atoms with E-state index in [1.165, 1.54) is 17.1 Å². The van der Waals surface area contributed by atoms with Crippen LogP contribution >= 0.6 is 11.6 Å². The van der Waals surface area contributed by atoms with Crippen molar-refractivity contribution in [2.75, 3.05) is 39.8 Å². The summed E-state index contributed by atoms with van der Waals surface area (Å²) in [5, 5.41) is 0.720. The van der Waals surface area contributed by atoms with Gasteiger partial charge in [0.1, 0.15) is 5.75 Å². The third-order valence-electron chi connectivity index (χ3n) is 6.67. The van der Waals surface area contributed by atoms with E-state index in [-0.39, 0.29) is 6.10 Å². The Labute approximate surface area is 186 Å². The molecule has 30 heavy (non-hydrogen) atoms. The number of likely N-dealkylation sites (tertiary alicyclic amines) is 1. The van der Waals surface area contributed by atoms with Gasteiger partial charge >= 0.3 is 0 Å². The van der Waals surface area contributed by atoms with Crippen LogP contribution in [-0.2, 0) is 16.8 Å². The van der Waals surface area contributed by atoms with Crippen LogP contribution in [0.1, 0.15) is 50.5 Å². The number of piperidine rings is 1. The van der Waals surface area contributed by atoms with Crippen LogP contribution in [0, 0.1) is 5.92 Å². The van der Waals surface area contributed by atoms with E-state index < -0.39 is 10.2 Å². The number of nitrogens with zero attached hydrogens (tertiary/aromatic N) is 3. The lowest BCUT2D eigenvalue weighted by molar-refractivity contribution is 0.0567. The predicted molar refractivity (Wildman–Crippen MR) is 120 cm³/mol. The molecule has 1 aromatic carbocycles. The van der Waals surface area contributed by atoms with Gasteiger partial charge in [0.25, 0.3) is 10.2 Å². The molecule has 3 fully saturated rings. The zero-order valence-corrected chi connectivity index (χ0v) is 19.5. The van der Waals surface area contributed by atoms with Crippen molar-refractivity contribution in [3.63, 3.8) is 0 Å². The largest absolute Gasteiger partial charge is 0.489 e. The van der Waals surface area contributed by atoms with E-state index in [9.17, 15) is 8.42 Å². The van der Waals surface area contributed by atoms with Crippen molar-refractivity contribution in [1.29, 1.82) is 0 Å². The zero-order chi connectivity index (χ0) is 21.1. The Kier molecular flexibility index (Phi) is 7.25. The molecule has 3 aliphatic rings. The van der Waals surface area contributed by atoms with Crippen LogP contribution in [0.2, 0.25) is 5.02 Å². The quantitative estimate of drug-likeness (QED) is 0.599. The van der Waals surface area contributed by atoms with Gasteiger partial charge in [-0.1, -0.05) is 30.2 Å². The Morgan fingerprint density at radius 3 is 2.43 bits per heavy atom. The van der Waals surface area contributed by atoms with Gasteiger partial charge in [-0.3, -0.25) is 4.90 Å². The predicted octanol–water partition coefficient (Wildman–Crippen LogP) is 3.76. The van der Waals surface area contributed by atoms with Gasteiger partial charge in [-0.25, -0.2) is 0 Å². The lowest BCUT2D eigenvalue weighted by Gasteiger charge is -2.38. The molecule has 0 amide bonds. The van der Waals surface area contributed by atoms with Crippen LogP contribution in [0.3, 0.4) is 0 Å². The maximum absolute atomic E-state index is 12.8.